The molecule has 32 heavy (non-hydrogen) atoms. The molecule has 0 atom stereocenters. The van der Waals surface area contributed by atoms with Gasteiger partial charge in [-0.05, 0) is 66.8 Å². The van der Waals surface area contributed by atoms with Gasteiger partial charge in [0, 0.05) is 6.54 Å². The minimum absolute atomic E-state index is 0.0770. The molecule has 7 heteroatoms. The number of ether oxygens (including phenoxy) is 1. The number of anilines is 1. The van der Waals surface area contributed by atoms with Gasteiger partial charge >= 0.3 is 0 Å². The number of thioether (sulfide) groups is 1. The SMILES string of the molecule is COc1ccc(/C=C2\N=C(SCC(=O)NCC(C)C)N(c3cc(C)cc(C)c3)C2=O)cc1. The molecule has 2 amide bonds. The van der Waals surface area contributed by atoms with Gasteiger partial charge in [-0.15, -0.1) is 0 Å². The van der Waals surface area contributed by atoms with Crippen LogP contribution in [-0.4, -0.2) is 36.4 Å². The molecule has 0 aromatic heterocycles. The van der Waals surface area contributed by atoms with Crippen LogP contribution in [0.25, 0.3) is 6.08 Å². The van der Waals surface area contributed by atoms with Gasteiger partial charge in [0.25, 0.3) is 5.91 Å². The number of amidine groups is 1. The molecule has 1 heterocycles. The Morgan fingerprint density at radius 1 is 1.16 bits per heavy atom. The first kappa shape index (κ1) is 23.6. The third-order valence-corrected chi connectivity index (χ3v) is 5.69. The number of aryl methyl sites for hydroxylation is 2. The smallest absolute Gasteiger partial charge is 0.283 e. The Bertz CT molecular complexity index is 1040. The van der Waals surface area contributed by atoms with Gasteiger partial charge in [-0.25, -0.2) is 4.99 Å². The van der Waals surface area contributed by atoms with Gasteiger partial charge in [0.05, 0.1) is 18.6 Å². The first-order valence-electron chi connectivity index (χ1n) is 10.5. The topological polar surface area (TPSA) is 71.0 Å². The molecule has 0 spiro atoms. The second-order valence-electron chi connectivity index (χ2n) is 8.17. The van der Waals surface area contributed by atoms with E-state index in [4.69, 9.17) is 4.74 Å². The number of methoxy groups -OCH3 is 1. The van der Waals surface area contributed by atoms with Gasteiger partial charge < -0.3 is 10.1 Å². The van der Waals surface area contributed by atoms with Gasteiger partial charge in [-0.2, -0.15) is 0 Å². The molecule has 6 nitrogen and oxygen atoms in total. The monoisotopic (exact) mass is 451 g/mol. The number of hydrogen-bond donors (Lipinski definition) is 1. The van der Waals surface area contributed by atoms with E-state index in [1.807, 2.05) is 64.1 Å². The molecular formula is C25H29N3O3S. The lowest BCUT2D eigenvalue weighted by Crippen LogP contribution is -2.33. The van der Waals surface area contributed by atoms with Crippen LogP contribution in [0.4, 0.5) is 5.69 Å². The summed E-state index contributed by atoms with van der Waals surface area (Å²) < 4.78 is 5.20. The summed E-state index contributed by atoms with van der Waals surface area (Å²) in [6.07, 6.45) is 1.75. The van der Waals surface area contributed by atoms with Crippen molar-refractivity contribution in [3.8, 4) is 5.75 Å². The van der Waals surface area contributed by atoms with E-state index in [1.54, 1.807) is 18.1 Å². The lowest BCUT2D eigenvalue weighted by Gasteiger charge is -2.19. The highest BCUT2D eigenvalue weighted by atomic mass is 32.2. The zero-order valence-electron chi connectivity index (χ0n) is 19.1. The molecule has 1 aliphatic heterocycles. The molecule has 2 aromatic rings. The van der Waals surface area contributed by atoms with E-state index >= 15 is 0 Å². The van der Waals surface area contributed by atoms with Crippen LogP contribution in [0, 0.1) is 19.8 Å². The summed E-state index contributed by atoms with van der Waals surface area (Å²) in [5, 5.41) is 3.41. The molecular weight excluding hydrogens is 422 g/mol. The largest absolute Gasteiger partial charge is 0.497 e. The molecule has 0 unspecified atom stereocenters. The Morgan fingerprint density at radius 2 is 1.81 bits per heavy atom. The normalized spacial score (nSPS) is 14.8. The lowest BCUT2D eigenvalue weighted by atomic mass is 10.1. The van der Waals surface area contributed by atoms with Crippen LogP contribution < -0.4 is 15.0 Å². The quantitative estimate of drug-likeness (QED) is 0.627. The molecule has 0 bridgehead atoms. The van der Waals surface area contributed by atoms with Crippen molar-refractivity contribution in [2.45, 2.75) is 27.7 Å². The highest BCUT2D eigenvalue weighted by Gasteiger charge is 2.32. The third-order valence-electron chi connectivity index (χ3n) is 4.75. The summed E-state index contributed by atoms with van der Waals surface area (Å²) in [4.78, 5) is 31.8. The van der Waals surface area contributed by atoms with Crippen molar-refractivity contribution in [2.24, 2.45) is 10.9 Å². The van der Waals surface area contributed by atoms with E-state index in [1.165, 1.54) is 11.8 Å². The molecule has 0 fully saturated rings. The molecule has 2 aromatic carbocycles. The van der Waals surface area contributed by atoms with Gasteiger partial charge in [-0.3, -0.25) is 14.5 Å². The first-order valence-corrected chi connectivity index (χ1v) is 11.5. The summed E-state index contributed by atoms with van der Waals surface area (Å²) in [7, 11) is 1.61. The van der Waals surface area contributed by atoms with Crippen molar-refractivity contribution >= 4 is 40.5 Å². The fraction of sp³-hybridized carbons (Fsp3) is 0.320. The van der Waals surface area contributed by atoms with Crippen molar-refractivity contribution in [1.82, 2.24) is 5.32 Å². The van der Waals surface area contributed by atoms with Crippen LogP contribution in [-0.2, 0) is 9.59 Å². The van der Waals surface area contributed by atoms with Crippen molar-refractivity contribution in [2.75, 3.05) is 24.3 Å². The molecule has 0 radical (unpaired) electrons. The van der Waals surface area contributed by atoms with Crippen LogP contribution in [0.5, 0.6) is 5.75 Å². The fourth-order valence-electron chi connectivity index (χ4n) is 3.26. The molecule has 0 aliphatic carbocycles. The summed E-state index contributed by atoms with van der Waals surface area (Å²) in [5.74, 6) is 1.02. The maximum Gasteiger partial charge on any atom is 0.283 e. The molecule has 0 saturated carbocycles. The van der Waals surface area contributed by atoms with Crippen molar-refractivity contribution < 1.29 is 14.3 Å². The number of rotatable bonds is 7. The lowest BCUT2D eigenvalue weighted by molar-refractivity contribution is -0.118. The second kappa shape index (κ2) is 10.5. The van der Waals surface area contributed by atoms with E-state index in [9.17, 15) is 9.59 Å². The Hall–Kier alpha value is -3.06. The zero-order chi connectivity index (χ0) is 23.3. The van der Waals surface area contributed by atoms with Crippen molar-refractivity contribution in [3.05, 3.63) is 64.9 Å². The summed E-state index contributed by atoms with van der Waals surface area (Å²) in [6, 6.07) is 13.4. The molecule has 168 valence electrons. The summed E-state index contributed by atoms with van der Waals surface area (Å²) >= 11 is 1.26. The number of aliphatic imine (C=N–C) groups is 1. The standard InChI is InChI=1S/C25H29N3O3S/c1-16(2)14-26-23(29)15-32-25-27-22(13-19-6-8-21(31-5)9-7-19)24(30)28(25)20-11-17(3)10-18(4)12-20/h6-13,16H,14-15H2,1-5H3,(H,26,29)/b22-13-. The van der Waals surface area contributed by atoms with Crippen LogP contribution in [0.3, 0.4) is 0 Å². The van der Waals surface area contributed by atoms with Crippen LogP contribution in [0.15, 0.2) is 53.2 Å². The molecule has 0 saturated heterocycles. The Morgan fingerprint density at radius 3 is 2.41 bits per heavy atom. The first-order chi connectivity index (χ1) is 15.3. The predicted octanol–water partition coefficient (Wildman–Crippen LogP) is 4.56. The van der Waals surface area contributed by atoms with Gasteiger partial charge in [0.2, 0.25) is 5.91 Å². The summed E-state index contributed by atoms with van der Waals surface area (Å²) in [6.45, 7) is 8.70. The Balaban J connectivity index is 1.89. The average Bonchev–Trinajstić information content (AvgIpc) is 3.05. The second-order valence-corrected chi connectivity index (χ2v) is 9.11. The Labute approximate surface area is 193 Å². The fourth-order valence-corrected chi connectivity index (χ4v) is 4.10. The summed E-state index contributed by atoms with van der Waals surface area (Å²) in [5.41, 5.74) is 4.04. The van der Waals surface area contributed by atoms with E-state index < -0.39 is 0 Å². The van der Waals surface area contributed by atoms with Crippen LogP contribution in [0.2, 0.25) is 0 Å². The number of amides is 2. The molecule has 3 rings (SSSR count). The number of benzene rings is 2. The highest BCUT2D eigenvalue weighted by molar-refractivity contribution is 8.14. The van der Waals surface area contributed by atoms with E-state index in [0.717, 1.165) is 28.1 Å². The van der Waals surface area contributed by atoms with Gasteiger partial charge in [0.15, 0.2) is 5.17 Å². The van der Waals surface area contributed by atoms with E-state index in [2.05, 4.69) is 16.4 Å². The van der Waals surface area contributed by atoms with E-state index in [0.29, 0.717) is 23.3 Å². The number of nitrogens with one attached hydrogen (secondary N) is 1. The zero-order valence-corrected chi connectivity index (χ0v) is 20.0. The predicted molar refractivity (Wildman–Crippen MR) is 132 cm³/mol. The third kappa shape index (κ3) is 6.01. The van der Waals surface area contributed by atoms with Crippen LogP contribution in [0.1, 0.15) is 30.5 Å². The van der Waals surface area contributed by atoms with Gasteiger partial charge in [-0.1, -0.05) is 43.8 Å². The van der Waals surface area contributed by atoms with Crippen molar-refractivity contribution in [3.63, 3.8) is 0 Å². The van der Waals surface area contributed by atoms with E-state index in [-0.39, 0.29) is 17.6 Å². The minimum atomic E-state index is -0.212. The highest BCUT2D eigenvalue weighted by Crippen LogP contribution is 2.31. The maximum absolute atomic E-state index is 13.3. The minimum Gasteiger partial charge on any atom is -0.497 e. The van der Waals surface area contributed by atoms with Gasteiger partial charge in [0.1, 0.15) is 11.4 Å². The number of carbonyl (C=O) groups is 2. The van der Waals surface area contributed by atoms with Crippen molar-refractivity contribution in [1.29, 1.82) is 0 Å². The number of carbonyl (C=O) groups excluding carboxylic acids is 2. The number of nitrogens with zero attached hydrogens (tertiary/aromatic N) is 2. The maximum atomic E-state index is 13.3. The Kier molecular flexibility index (Phi) is 7.75. The molecule has 1 N–H and O–H groups in total. The number of hydrogen-bond acceptors (Lipinski definition) is 5. The van der Waals surface area contributed by atoms with Crippen LogP contribution >= 0.6 is 11.8 Å². The average molecular weight is 452 g/mol. The molecule has 1 aliphatic rings.